The smallest absolute Gasteiger partial charge is 0.261 e. The predicted octanol–water partition coefficient (Wildman–Crippen LogP) is 2.49. The first-order chi connectivity index (χ1) is 8.31. The first-order valence-corrected chi connectivity index (χ1v) is 7.32. The lowest BCUT2D eigenvalue weighted by atomic mass is 10.2. The van der Waals surface area contributed by atoms with Gasteiger partial charge in [0.2, 0.25) is 0 Å². The highest BCUT2D eigenvalue weighted by molar-refractivity contribution is 7.74. The van der Waals surface area contributed by atoms with Crippen LogP contribution in [0.5, 0.6) is 0 Å². The van der Waals surface area contributed by atoms with E-state index < -0.39 is 7.37 Å². The van der Waals surface area contributed by atoms with Gasteiger partial charge in [0, 0.05) is 10.6 Å². The molecular formula is C14H13O2P. The van der Waals surface area contributed by atoms with Crippen LogP contribution in [0.4, 0.5) is 0 Å². The standard InChI is InChI=1S/C14H13O2P/c15-17(13-7-2-1-3-8-13)14-9-5-4-6-12(14)10-11-16-17/h1-9H,10-11H2. The summed E-state index contributed by atoms with van der Waals surface area (Å²) in [6.45, 7) is 0.531. The molecule has 1 unspecified atom stereocenters. The minimum Gasteiger partial charge on any atom is -0.322 e. The zero-order chi connectivity index (χ0) is 11.7. The number of hydrogen-bond donors (Lipinski definition) is 0. The highest BCUT2D eigenvalue weighted by Crippen LogP contribution is 2.47. The van der Waals surface area contributed by atoms with Crippen molar-refractivity contribution in [1.82, 2.24) is 0 Å². The van der Waals surface area contributed by atoms with E-state index in [2.05, 4.69) is 0 Å². The van der Waals surface area contributed by atoms with E-state index in [1.165, 1.54) is 0 Å². The molecule has 0 aromatic heterocycles. The minimum atomic E-state index is -2.86. The maximum atomic E-state index is 13.0. The Hall–Kier alpha value is -1.37. The van der Waals surface area contributed by atoms with Gasteiger partial charge in [-0.3, -0.25) is 4.57 Å². The van der Waals surface area contributed by atoms with Gasteiger partial charge < -0.3 is 4.52 Å². The molecule has 1 atom stereocenters. The molecule has 3 rings (SSSR count). The van der Waals surface area contributed by atoms with Crippen LogP contribution in [0.3, 0.4) is 0 Å². The second-order valence-electron chi connectivity index (χ2n) is 4.10. The van der Waals surface area contributed by atoms with E-state index in [1.54, 1.807) is 0 Å². The van der Waals surface area contributed by atoms with Crippen LogP contribution in [-0.2, 0) is 15.5 Å². The van der Waals surface area contributed by atoms with Crippen molar-refractivity contribution < 1.29 is 9.09 Å². The summed E-state index contributed by atoms with van der Waals surface area (Å²) < 4.78 is 18.7. The van der Waals surface area contributed by atoms with Crippen molar-refractivity contribution in [3.8, 4) is 0 Å². The second-order valence-corrected chi connectivity index (χ2v) is 6.46. The van der Waals surface area contributed by atoms with Crippen LogP contribution in [0.2, 0.25) is 0 Å². The summed E-state index contributed by atoms with van der Waals surface area (Å²) in [7, 11) is -2.86. The first kappa shape index (κ1) is 10.8. The highest BCUT2D eigenvalue weighted by atomic mass is 31.2. The SMILES string of the molecule is O=P1(c2ccccc2)OCCc2ccccc21. The first-order valence-electron chi connectivity index (χ1n) is 5.69. The Bertz CT molecular complexity index is 578. The van der Waals surface area contributed by atoms with Crippen molar-refractivity contribution in [2.45, 2.75) is 6.42 Å². The molecule has 2 nitrogen and oxygen atoms in total. The Morgan fingerprint density at radius 1 is 0.941 bits per heavy atom. The van der Waals surface area contributed by atoms with Gasteiger partial charge in [-0.05, 0) is 30.2 Å². The van der Waals surface area contributed by atoms with Gasteiger partial charge in [0.05, 0.1) is 6.61 Å². The Balaban J connectivity index is 2.20. The molecule has 0 aliphatic carbocycles. The molecule has 17 heavy (non-hydrogen) atoms. The summed E-state index contributed by atoms with van der Waals surface area (Å²) in [6.07, 6.45) is 0.840. The van der Waals surface area contributed by atoms with Crippen LogP contribution in [0.1, 0.15) is 5.56 Å². The second kappa shape index (κ2) is 4.14. The van der Waals surface area contributed by atoms with Crippen molar-refractivity contribution in [3.63, 3.8) is 0 Å². The van der Waals surface area contributed by atoms with Crippen LogP contribution in [0, 0.1) is 0 Å². The van der Waals surface area contributed by atoms with Gasteiger partial charge in [0.15, 0.2) is 0 Å². The van der Waals surface area contributed by atoms with E-state index in [0.717, 1.165) is 22.6 Å². The Morgan fingerprint density at radius 2 is 1.65 bits per heavy atom. The molecule has 1 heterocycles. The van der Waals surface area contributed by atoms with E-state index in [4.69, 9.17) is 4.52 Å². The predicted molar refractivity (Wildman–Crippen MR) is 69.4 cm³/mol. The van der Waals surface area contributed by atoms with Gasteiger partial charge in [-0.2, -0.15) is 0 Å². The average molecular weight is 244 g/mol. The van der Waals surface area contributed by atoms with Crippen molar-refractivity contribution in [2.75, 3.05) is 6.61 Å². The van der Waals surface area contributed by atoms with Gasteiger partial charge in [0.1, 0.15) is 0 Å². The Kier molecular flexibility index (Phi) is 2.62. The van der Waals surface area contributed by atoms with Crippen LogP contribution >= 0.6 is 7.37 Å². The normalized spacial score (nSPS) is 23.1. The molecule has 0 bridgehead atoms. The van der Waals surface area contributed by atoms with Gasteiger partial charge >= 0.3 is 0 Å². The zero-order valence-corrected chi connectivity index (χ0v) is 10.3. The van der Waals surface area contributed by atoms with Gasteiger partial charge in [-0.15, -0.1) is 0 Å². The third kappa shape index (κ3) is 1.74. The van der Waals surface area contributed by atoms with E-state index in [0.29, 0.717) is 6.61 Å². The van der Waals surface area contributed by atoms with Crippen LogP contribution in [0.15, 0.2) is 54.6 Å². The fraction of sp³-hybridized carbons (Fsp3) is 0.143. The molecule has 0 N–H and O–H groups in total. The maximum absolute atomic E-state index is 13.0. The molecule has 86 valence electrons. The number of benzene rings is 2. The lowest BCUT2D eigenvalue weighted by molar-refractivity contribution is 0.324. The van der Waals surface area contributed by atoms with Crippen molar-refractivity contribution >= 4 is 18.0 Å². The summed E-state index contributed by atoms with van der Waals surface area (Å²) in [4.78, 5) is 0. The van der Waals surface area contributed by atoms with Crippen LogP contribution in [0.25, 0.3) is 0 Å². The van der Waals surface area contributed by atoms with E-state index in [-0.39, 0.29) is 0 Å². The summed E-state index contributed by atoms with van der Waals surface area (Å²) in [5, 5.41) is 1.64. The minimum absolute atomic E-state index is 0.531. The summed E-state index contributed by atoms with van der Waals surface area (Å²) in [6, 6.07) is 17.3. The number of rotatable bonds is 1. The molecule has 3 heteroatoms. The molecule has 1 aliphatic rings. The van der Waals surface area contributed by atoms with Gasteiger partial charge in [0.25, 0.3) is 7.37 Å². The van der Waals surface area contributed by atoms with Crippen molar-refractivity contribution in [2.24, 2.45) is 0 Å². The molecule has 0 fully saturated rings. The van der Waals surface area contributed by atoms with E-state index in [1.807, 2.05) is 54.6 Å². The number of hydrogen-bond acceptors (Lipinski definition) is 2. The van der Waals surface area contributed by atoms with E-state index >= 15 is 0 Å². The zero-order valence-electron chi connectivity index (χ0n) is 9.37. The topological polar surface area (TPSA) is 26.3 Å². The third-order valence-electron chi connectivity index (χ3n) is 3.05. The molecule has 0 spiro atoms. The van der Waals surface area contributed by atoms with Crippen molar-refractivity contribution in [1.29, 1.82) is 0 Å². The largest absolute Gasteiger partial charge is 0.322 e. The Labute approximate surface area is 101 Å². The fourth-order valence-electron chi connectivity index (χ4n) is 2.20. The van der Waals surface area contributed by atoms with Crippen LogP contribution < -0.4 is 10.6 Å². The molecule has 2 aromatic carbocycles. The fourth-order valence-corrected chi connectivity index (χ4v) is 4.53. The molecule has 0 radical (unpaired) electrons. The summed E-state index contributed by atoms with van der Waals surface area (Å²) in [5.74, 6) is 0. The molecular weight excluding hydrogens is 231 g/mol. The highest BCUT2D eigenvalue weighted by Gasteiger charge is 2.33. The third-order valence-corrected chi connectivity index (χ3v) is 5.64. The molecule has 1 aliphatic heterocycles. The number of fused-ring (bicyclic) bond motifs is 1. The lowest BCUT2D eigenvalue weighted by Gasteiger charge is -2.26. The van der Waals surface area contributed by atoms with E-state index in [9.17, 15) is 4.57 Å². The summed E-state index contributed by atoms with van der Waals surface area (Å²) in [5.41, 5.74) is 1.14. The molecule has 2 aromatic rings. The molecule has 0 saturated carbocycles. The van der Waals surface area contributed by atoms with Crippen molar-refractivity contribution in [3.05, 3.63) is 60.2 Å². The monoisotopic (exact) mass is 244 g/mol. The van der Waals surface area contributed by atoms with Crippen LogP contribution in [-0.4, -0.2) is 6.61 Å². The van der Waals surface area contributed by atoms with Gasteiger partial charge in [-0.1, -0.05) is 36.4 Å². The van der Waals surface area contributed by atoms with Gasteiger partial charge in [-0.25, -0.2) is 0 Å². The average Bonchev–Trinajstić information content (AvgIpc) is 2.40. The molecule has 0 saturated heterocycles. The summed E-state index contributed by atoms with van der Waals surface area (Å²) >= 11 is 0. The Morgan fingerprint density at radius 3 is 2.47 bits per heavy atom. The molecule has 0 amide bonds. The maximum Gasteiger partial charge on any atom is 0.261 e. The lowest BCUT2D eigenvalue weighted by Crippen LogP contribution is -2.26. The quantitative estimate of drug-likeness (QED) is 0.720.